The van der Waals surface area contributed by atoms with E-state index >= 15 is 0 Å². The second-order valence-electron chi connectivity index (χ2n) is 7.21. The van der Waals surface area contributed by atoms with Crippen LogP contribution in [0.25, 0.3) is 11.1 Å². The summed E-state index contributed by atoms with van der Waals surface area (Å²) in [6, 6.07) is 19.0. The molecule has 0 bridgehead atoms. The van der Waals surface area contributed by atoms with Crippen LogP contribution in [0.2, 0.25) is 0 Å². The Kier molecular flexibility index (Phi) is 4.38. The van der Waals surface area contributed by atoms with Crippen molar-refractivity contribution in [3.63, 3.8) is 0 Å². The van der Waals surface area contributed by atoms with E-state index in [1.165, 1.54) is 22.3 Å². The Hall–Kier alpha value is -2.80. The summed E-state index contributed by atoms with van der Waals surface area (Å²) < 4.78 is 5.72. The Morgan fingerprint density at radius 2 is 1.73 bits per heavy atom. The Bertz CT molecular complexity index is 825. The molecule has 1 amide bonds. The predicted octanol–water partition coefficient (Wildman–Crippen LogP) is 4.56. The monoisotopic (exact) mass is 346 g/mol. The summed E-state index contributed by atoms with van der Waals surface area (Å²) in [4.78, 5) is 14.4. The summed E-state index contributed by atoms with van der Waals surface area (Å²) in [5.74, 6) is -0.0232. The van der Waals surface area contributed by atoms with Crippen molar-refractivity contribution in [2.75, 3.05) is 13.2 Å². The van der Waals surface area contributed by atoms with Gasteiger partial charge in [-0.3, -0.25) is 0 Å². The number of piperidine rings is 1. The van der Waals surface area contributed by atoms with Crippen molar-refractivity contribution in [3.05, 3.63) is 59.7 Å². The highest BCUT2D eigenvalue weighted by Crippen LogP contribution is 2.44. The van der Waals surface area contributed by atoms with Crippen LogP contribution in [0.3, 0.4) is 0 Å². The van der Waals surface area contributed by atoms with Gasteiger partial charge in [0, 0.05) is 18.5 Å². The average Bonchev–Trinajstić information content (AvgIpc) is 3.00. The molecule has 1 aliphatic carbocycles. The van der Waals surface area contributed by atoms with Gasteiger partial charge in [0.25, 0.3) is 0 Å². The van der Waals surface area contributed by atoms with Crippen LogP contribution in [0.15, 0.2) is 48.5 Å². The van der Waals surface area contributed by atoms with Gasteiger partial charge in [-0.15, -0.1) is 0 Å². The summed E-state index contributed by atoms with van der Waals surface area (Å²) in [5, 5.41) is 9.17. The van der Waals surface area contributed by atoms with Gasteiger partial charge in [-0.2, -0.15) is 5.26 Å². The number of hydrogen-bond acceptors (Lipinski definition) is 3. The normalized spacial score (nSPS) is 21.6. The van der Waals surface area contributed by atoms with Gasteiger partial charge in [0.05, 0.1) is 12.0 Å². The maximum Gasteiger partial charge on any atom is 0.410 e. The molecule has 2 aliphatic rings. The average molecular weight is 346 g/mol. The molecule has 0 aromatic heterocycles. The third-order valence-electron chi connectivity index (χ3n) is 5.64. The predicted molar refractivity (Wildman–Crippen MR) is 99.6 cm³/mol. The van der Waals surface area contributed by atoms with Gasteiger partial charge >= 0.3 is 6.09 Å². The molecule has 2 aromatic carbocycles. The molecular formula is C22H22N2O2. The molecule has 1 aliphatic heterocycles. The molecule has 4 rings (SSSR count). The number of likely N-dealkylation sites (tertiary alicyclic amines) is 1. The number of carbonyl (C=O) groups excluding carboxylic acids is 1. The number of benzene rings is 2. The third kappa shape index (κ3) is 2.84. The van der Waals surface area contributed by atoms with Crippen molar-refractivity contribution in [1.82, 2.24) is 4.90 Å². The molecule has 132 valence electrons. The third-order valence-corrected chi connectivity index (χ3v) is 5.64. The van der Waals surface area contributed by atoms with Crippen molar-refractivity contribution in [2.45, 2.75) is 31.7 Å². The van der Waals surface area contributed by atoms with E-state index in [-0.39, 0.29) is 24.0 Å². The molecule has 2 aromatic rings. The van der Waals surface area contributed by atoms with E-state index in [9.17, 15) is 4.79 Å². The lowest BCUT2D eigenvalue weighted by atomic mass is 9.95. The number of rotatable bonds is 2. The summed E-state index contributed by atoms with van der Waals surface area (Å²) in [6.45, 7) is 2.82. The zero-order valence-corrected chi connectivity index (χ0v) is 14.9. The molecular weight excluding hydrogens is 324 g/mol. The van der Waals surface area contributed by atoms with Crippen LogP contribution >= 0.6 is 0 Å². The van der Waals surface area contributed by atoms with Gasteiger partial charge in [0.1, 0.15) is 6.61 Å². The molecule has 26 heavy (non-hydrogen) atoms. The van der Waals surface area contributed by atoms with Crippen molar-refractivity contribution in [2.24, 2.45) is 5.92 Å². The highest BCUT2D eigenvalue weighted by Gasteiger charge is 2.32. The minimum absolute atomic E-state index is 0.0678. The molecule has 1 heterocycles. The van der Waals surface area contributed by atoms with Crippen molar-refractivity contribution in [3.8, 4) is 17.2 Å². The van der Waals surface area contributed by atoms with E-state index in [0.717, 1.165) is 12.8 Å². The van der Waals surface area contributed by atoms with Crippen LogP contribution in [-0.2, 0) is 4.74 Å². The lowest BCUT2D eigenvalue weighted by Gasteiger charge is -2.35. The fraction of sp³-hybridized carbons (Fsp3) is 0.364. The van der Waals surface area contributed by atoms with Gasteiger partial charge < -0.3 is 9.64 Å². The van der Waals surface area contributed by atoms with Gasteiger partial charge in [-0.05, 0) is 42.0 Å². The standard InChI is InChI=1S/C22H22N2O2/c1-15-10-11-16(12-23)13-24(15)22(25)26-14-21-19-8-4-2-6-17(19)18-7-3-5-9-20(18)21/h2-9,15-16,21H,10-11,13-14H2,1H3/t15-,16+/m1/s1. The smallest absolute Gasteiger partial charge is 0.410 e. The van der Waals surface area contributed by atoms with Gasteiger partial charge in [-0.1, -0.05) is 48.5 Å². The summed E-state index contributed by atoms with van der Waals surface area (Å²) in [7, 11) is 0. The van der Waals surface area contributed by atoms with Crippen molar-refractivity contribution in [1.29, 1.82) is 5.26 Å². The summed E-state index contributed by atoms with van der Waals surface area (Å²) >= 11 is 0. The minimum atomic E-state index is -0.306. The minimum Gasteiger partial charge on any atom is -0.448 e. The van der Waals surface area contributed by atoms with E-state index in [4.69, 9.17) is 10.00 Å². The van der Waals surface area contributed by atoms with Gasteiger partial charge in [-0.25, -0.2) is 4.79 Å². The second-order valence-corrected chi connectivity index (χ2v) is 7.21. The lowest BCUT2D eigenvalue weighted by Crippen LogP contribution is -2.45. The molecule has 1 saturated heterocycles. The van der Waals surface area contributed by atoms with Crippen molar-refractivity contribution >= 4 is 6.09 Å². The Balaban J connectivity index is 1.51. The molecule has 0 radical (unpaired) electrons. The molecule has 0 N–H and O–H groups in total. The first kappa shape index (κ1) is 16.7. The molecule has 4 heteroatoms. The lowest BCUT2D eigenvalue weighted by molar-refractivity contribution is 0.0683. The number of carbonyl (C=O) groups is 1. The number of hydrogen-bond donors (Lipinski definition) is 0. The van der Waals surface area contributed by atoms with Crippen LogP contribution in [0.4, 0.5) is 4.79 Å². The second kappa shape index (κ2) is 6.84. The highest BCUT2D eigenvalue weighted by molar-refractivity contribution is 5.79. The molecule has 1 fully saturated rings. The van der Waals surface area contributed by atoms with E-state index in [2.05, 4.69) is 30.3 Å². The fourth-order valence-electron chi connectivity index (χ4n) is 4.14. The van der Waals surface area contributed by atoms with Crippen LogP contribution in [0.1, 0.15) is 36.8 Å². The first-order chi connectivity index (χ1) is 12.7. The van der Waals surface area contributed by atoms with E-state index in [0.29, 0.717) is 13.2 Å². The largest absolute Gasteiger partial charge is 0.448 e. The van der Waals surface area contributed by atoms with Gasteiger partial charge in [0.15, 0.2) is 0 Å². The van der Waals surface area contributed by atoms with E-state index in [1.54, 1.807) is 4.90 Å². The summed E-state index contributed by atoms with van der Waals surface area (Å²) in [5.41, 5.74) is 4.87. The maximum absolute atomic E-state index is 12.6. The number of amides is 1. The van der Waals surface area contributed by atoms with Crippen LogP contribution in [0, 0.1) is 17.2 Å². The summed E-state index contributed by atoms with van der Waals surface area (Å²) in [6.07, 6.45) is 1.40. The first-order valence-electron chi connectivity index (χ1n) is 9.20. The molecule has 0 saturated carbocycles. The highest BCUT2D eigenvalue weighted by atomic mass is 16.6. The first-order valence-corrected chi connectivity index (χ1v) is 9.20. The molecule has 0 unspecified atom stereocenters. The van der Waals surface area contributed by atoms with E-state index < -0.39 is 0 Å². The van der Waals surface area contributed by atoms with Crippen LogP contribution in [-0.4, -0.2) is 30.2 Å². The SMILES string of the molecule is C[C@@H]1CC[C@@H](C#N)CN1C(=O)OCC1c2ccccc2-c2ccccc21. The Labute approximate surface area is 154 Å². The zero-order chi connectivity index (χ0) is 18.1. The Morgan fingerprint density at radius 1 is 1.12 bits per heavy atom. The Morgan fingerprint density at radius 3 is 2.35 bits per heavy atom. The van der Waals surface area contributed by atoms with Crippen molar-refractivity contribution < 1.29 is 9.53 Å². The quantitative estimate of drug-likeness (QED) is 0.801. The topological polar surface area (TPSA) is 53.3 Å². The number of nitriles is 1. The maximum atomic E-state index is 12.6. The zero-order valence-electron chi connectivity index (χ0n) is 14.9. The fourth-order valence-corrected chi connectivity index (χ4v) is 4.14. The van der Waals surface area contributed by atoms with Crippen LogP contribution in [0.5, 0.6) is 0 Å². The molecule has 2 atom stereocenters. The number of fused-ring (bicyclic) bond motifs is 3. The number of ether oxygens (including phenoxy) is 1. The number of nitrogens with zero attached hydrogens (tertiary/aromatic N) is 2. The molecule has 4 nitrogen and oxygen atoms in total. The van der Waals surface area contributed by atoms with E-state index in [1.807, 2.05) is 31.2 Å². The van der Waals surface area contributed by atoms with Gasteiger partial charge in [0.2, 0.25) is 0 Å². The van der Waals surface area contributed by atoms with Crippen LogP contribution < -0.4 is 0 Å². The molecule has 0 spiro atoms.